The third-order valence-corrected chi connectivity index (χ3v) is 6.33. The number of benzene rings is 2. The van der Waals surface area contributed by atoms with Crippen molar-refractivity contribution in [2.75, 3.05) is 13.1 Å². The Morgan fingerprint density at radius 3 is 2.70 bits per heavy atom. The van der Waals surface area contributed by atoms with Gasteiger partial charge in [0.1, 0.15) is 18.1 Å². The topological polar surface area (TPSA) is 73.3 Å². The first-order chi connectivity index (χ1) is 16.0. The normalized spacial score (nSPS) is 16.4. The summed E-state index contributed by atoms with van der Waals surface area (Å²) in [7, 11) is 1.72. The molecule has 0 unspecified atom stereocenters. The van der Waals surface area contributed by atoms with Gasteiger partial charge in [0.05, 0.1) is 23.1 Å². The number of halogens is 1. The van der Waals surface area contributed by atoms with Crippen LogP contribution in [0.3, 0.4) is 0 Å². The van der Waals surface area contributed by atoms with Crippen molar-refractivity contribution < 1.29 is 13.6 Å². The number of hydrogen-bond donors (Lipinski definition) is 0. The number of piperidine rings is 1. The van der Waals surface area contributed by atoms with E-state index >= 15 is 0 Å². The summed E-state index contributed by atoms with van der Waals surface area (Å²) >= 11 is 0. The van der Waals surface area contributed by atoms with E-state index in [0.717, 1.165) is 29.4 Å². The standard InChI is InChI=1S/C25H25FN4O3/c1-28-21-6-2-3-7-22(21)30(25(28)32)16-23(31)29-12-4-5-18(15-29)24-27-14-20(33-24)13-17-8-10-19(26)11-9-17/h2-3,6-11,14,18H,4-5,12-13,15-16H2,1H3/t18-/m1/s1. The van der Waals surface area contributed by atoms with Crippen molar-refractivity contribution in [1.82, 2.24) is 19.0 Å². The average Bonchev–Trinajstić information content (AvgIpc) is 3.40. The van der Waals surface area contributed by atoms with Crippen LogP contribution in [-0.4, -0.2) is 38.0 Å². The van der Waals surface area contributed by atoms with Crippen LogP contribution in [0.5, 0.6) is 0 Å². The Morgan fingerprint density at radius 2 is 1.91 bits per heavy atom. The molecule has 0 spiro atoms. The lowest BCUT2D eigenvalue weighted by Gasteiger charge is -2.31. The fourth-order valence-corrected chi connectivity index (χ4v) is 4.55. The maximum absolute atomic E-state index is 13.1. The number of likely N-dealkylation sites (tertiary alicyclic amines) is 1. The number of carbonyl (C=O) groups excluding carboxylic acids is 1. The first kappa shape index (κ1) is 21.2. The largest absolute Gasteiger partial charge is 0.445 e. The zero-order valence-corrected chi connectivity index (χ0v) is 18.4. The van der Waals surface area contributed by atoms with Crippen molar-refractivity contribution >= 4 is 16.9 Å². The van der Waals surface area contributed by atoms with Gasteiger partial charge in [0.2, 0.25) is 5.91 Å². The van der Waals surface area contributed by atoms with Crippen LogP contribution < -0.4 is 5.69 Å². The van der Waals surface area contributed by atoms with Gasteiger partial charge < -0.3 is 9.32 Å². The summed E-state index contributed by atoms with van der Waals surface area (Å²) in [4.78, 5) is 32.0. The maximum Gasteiger partial charge on any atom is 0.329 e. The van der Waals surface area contributed by atoms with Gasteiger partial charge in [-0.1, -0.05) is 24.3 Å². The molecule has 2 aromatic heterocycles. The number of rotatable bonds is 5. The number of amides is 1. The van der Waals surface area contributed by atoms with Crippen LogP contribution in [-0.2, 0) is 24.8 Å². The van der Waals surface area contributed by atoms with Crippen LogP contribution in [0, 0.1) is 5.82 Å². The van der Waals surface area contributed by atoms with Gasteiger partial charge in [-0.05, 0) is 42.7 Å². The van der Waals surface area contributed by atoms with E-state index in [1.165, 1.54) is 16.7 Å². The predicted molar refractivity (Wildman–Crippen MR) is 121 cm³/mol. The summed E-state index contributed by atoms with van der Waals surface area (Å²) in [5.74, 6) is 0.981. The van der Waals surface area contributed by atoms with Gasteiger partial charge in [-0.3, -0.25) is 13.9 Å². The van der Waals surface area contributed by atoms with E-state index in [1.54, 1.807) is 34.8 Å². The van der Waals surface area contributed by atoms with E-state index in [0.29, 0.717) is 31.2 Å². The molecule has 8 heteroatoms. The second-order valence-electron chi connectivity index (χ2n) is 8.56. The minimum atomic E-state index is -0.269. The molecule has 2 aromatic carbocycles. The van der Waals surface area contributed by atoms with Gasteiger partial charge >= 0.3 is 5.69 Å². The van der Waals surface area contributed by atoms with Crippen LogP contribution >= 0.6 is 0 Å². The Labute approximate surface area is 190 Å². The molecular formula is C25H25FN4O3. The number of oxazole rings is 1. The monoisotopic (exact) mass is 448 g/mol. The van der Waals surface area contributed by atoms with Gasteiger partial charge in [-0.2, -0.15) is 0 Å². The molecule has 1 fully saturated rings. The van der Waals surface area contributed by atoms with E-state index < -0.39 is 0 Å². The van der Waals surface area contributed by atoms with E-state index in [4.69, 9.17) is 4.42 Å². The molecule has 7 nitrogen and oxygen atoms in total. The van der Waals surface area contributed by atoms with Crippen molar-refractivity contribution in [3.63, 3.8) is 0 Å². The molecule has 1 saturated heterocycles. The highest BCUT2D eigenvalue weighted by Crippen LogP contribution is 2.27. The minimum absolute atomic E-state index is 0.00824. The lowest BCUT2D eigenvalue weighted by Crippen LogP contribution is -2.42. The molecule has 5 rings (SSSR count). The highest BCUT2D eigenvalue weighted by molar-refractivity contribution is 5.81. The fraction of sp³-hybridized carbons (Fsp3) is 0.320. The van der Waals surface area contributed by atoms with Gasteiger partial charge in [0, 0.05) is 26.6 Å². The van der Waals surface area contributed by atoms with Crippen molar-refractivity contribution in [1.29, 1.82) is 0 Å². The SMILES string of the molecule is Cn1c(=O)n(CC(=O)N2CCC[C@@H](c3ncc(Cc4ccc(F)cc4)o3)C2)c2ccccc21. The number of nitrogens with zero attached hydrogens (tertiary/aromatic N) is 4. The van der Waals surface area contributed by atoms with Crippen molar-refractivity contribution in [2.24, 2.45) is 7.05 Å². The second kappa shape index (κ2) is 8.69. The van der Waals surface area contributed by atoms with E-state index in [2.05, 4.69) is 4.98 Å². The zero-order chi connectivity index (χ0) is 22.9. The van der Waals surface area contributed by atoms with Crippen LogP contribution in [0.2, 0.25) is 0 Å². The van der Waals surface area contributed by atoms with E-state index in [1.807, 2.05) is 24.3 Å². The van der Waals surface area contributed by atoms with Crippen molar-refractivity contribution in [3.8, 4) is 0 Å². The number of aromatic nitrogens is 3. The molecule has 170 valence electrons. The summed E-state index contributed by atoms with van der Waals surface area (Å²) in [6, 6.07) is 13.8. The molecule has 0 radical (unpaired) electrons. The molecule has 0 bridgehead atoms. The third-order valence-electron chi connectivity index (χ3n) is 6.33. The lowest BCUT2D eigenvalue weighted by molar-refractivity contribution is -0.133. The molecule has 1 amide bonds. The van der Waals surface area contributed by atoms with Crippen molar-refractivity contribution in [3.05, 3.63) is 88.2 Å². The quantitative estimate of drug-likeness (QED) is 0.469. The highest BCUT2D eigenvalue weighted by atomic mass is 19.1. The Kier molecular flexibility index (Phi) is 5.58. The number of hydrogen-bond acceptors (Lipinski definition) is 4. The highest BCUT2D eigenvalue weighted by Gasteiger charge is 2.28. The Hall–Kier alpha value is -3.68. The first-order valence-corrected chi connectivity index (χ1v) is 11.1. The molecule has 0 saturated carbocycles. The number of carbonyl (C=O) groups is 1. The van der Waals surface area contributed by atoms with Gasteiger partial charge in [-0.15, -0.1) is 0 Å². The molecule has 0 N–H and O–H groups in total. The molecule has 1 aliphatic heterocycles. The molecule has 1 aliphatic rings. The van der Waals surface area contributed by atoms with Gasteiger partial charge in [-0.25, -0.2) is 14.2 Å². The first-order valence-electron chi connectivity index (χ1n) is 11.1. The third kappa shape index (κ3) is 4.20. The summed E-state index contributed by atoms with van der Waals surface area (Å²) in [6.45, 7) is 1.17. The molecule has 33 heavy (non-hydrogen) atoms. The maximum atomic E-state index is 13.1. The summed E-state index contributed by atoms with van der Waals surface area (Å²) in [6.07, 6.45) is 3.97. The van der Waals surface area contributed by atoms with E-state index in [9.17, 15) is 14.0 Å². The van der Waals surface area contributed by atoms with Crippen LogP contribution in [0.25, 0.3) is 11.0 Å². The van der Waals surface area contributed by atoms with Crippen LogP contribution in [0.15, 0.2) is 63.9 Å². The number of aryl methyl sites for hydroxylation is 1. The van der Waals surface area contributed by atoms with Gasteiger partial charge in [0.15, 0.2) is 5.89 Å². The summed E-state index contributed by atoms with van der Waals surface area (Å²) in [5.41, 5.74) is 2.31. The molecule has 4 aromatic rings. The molecule has 0 aliphatic carbocycles. The smallest absolute Gasteiger partial charge is 0.329 e. The minimum Gasteiger partial charge on any atom is -0.445 e. The fourth-order valence-electron chi connectivity index (χ4n) is 4.55. The summed E-state index contributed by atoms with van der Waals surface area (Å²) in [5, 5.41) is 0. The number of para-hydroxylation sites is 2. The molecule has 1 atom stereocenters. The predicted octanol–water partition coefficient (Wildman–Crippen LogP) is 3.46. The van der Waals surface area contributed by atoms with E-state index in [-0.39, 0.29) is 29.9 Å². The van der Waals surface area contributed by atoms with Crippen molar-refractivity contribution in [2.45, 2.75) is 31.7 Å². The Balaban J connectivity index is 1.28. The zero-order valence-electron chi connectivity index (χ0n) is 18.4. The van der Waals surface area contributed by atoms with Gasteiger partial charge in [0.25, 0.3) is 0 Å². The summed E-state index contributed by atoms with van der Waals surface area (Å²) < 4.78 is 22.2. The Bertz CT molecular complexity index is 1350. The Morgan fingerprint density at radius 1 is 1.15 bits per heavy atom. The average molecular weight is 448 g/mol. The number of fused-ring (bicyclic) bond motifs is 1. The number of imidazole rings is 1. The lowest BCUT2D eigenvalue weighted by atomic mass is 9.98. The molecule has 3 heterocycles. The second-order valence-corrected chi connectivity index (χ2v) is 8.56. The van der Waals surface area contributed by atoms with Crippen LogP contribution in [0.1, 0.15) is 36.0 Å². The van der Waals surface area contributed by atoms with Crippen LogP contribution in [0.4, 0.5) is 4.39 Å². The molecular weight excluding hydrogens is 423 g/mol.